The van der Waals surface area contributed by atoms with Crippen LogP contribution >= 0.6 is 0 Å². The molecular weight excluding hydrogens is 358 g/mol. The number of phenolic OH excluding ortho intramolecular Hbond substituents is 1. The number of aromatic nitrogens is 5. The van der Waals surface area contributed by atoms with E-state index in [-0.39, 0.29) is 11.9 Å². The van der Waals surface area contributed by atoms with Gasteiger partial charge in [0.1, 0.15) is 11.4 Å². The molecule has 2 aromatic heterocycles. The van der Waals surface area contributed by atoms with Gasteiger partial charge in [0.2, 0.25) is 5.95 Å². The zero-order valence-corrected chi connectivity index (χ0v) is 15.2. The number of aliphatic hydroxyl groups is 1. The van der Waals surface area contributed by atoms with Crippen molar-refractivity contribution in [2.24, 2.45) is 0 Å². The molecule has 0 saturated carbocycles. The van der Waals surface area contributed by atoms with Crippen LogP contribution in [0.15, 0.2) is 36.8 Å². The van der Waals surface area contributed by atoms with Crippen molar-refractivity contribution in [3.05, 3.63) is 36.8 Å². The van der Waals surface area contributed by atoms with Crippen molar-refractivity contribution >= 4 is 5.95 Å². The van der Waals surface area contributed by atoms with Crippen molar-refractivity contribution in [1.82, 2.24) is 30.3 Å². The molecule has 0 spiro atoms. The molecule has 2 fully saturated rings. The van der Waals surface area contributed by atoms with Gasteiger partial charge in [-0.2, -0.15) is 5.10 Å². The summed E-state index contributed by atoms with van der Waals surface area (Å²) in [4.78, 5) is 8.90. The highest BCUT2D eigenvalue weighted by atomic mass is 16.3. The first kappa shape index (κ1) is 17.1. The predicted octanol–water partition coefficient (Wildman–Crippen LogP) is 0.889. The molecule has 5 rings (SSSR count). The summed E-state index contributed by atoms with van der Waals surface area (Å²) in [7, 11) is 0. The molecule has 0 bridgehead atoms. The van der Waals surface area contributed by atoms with Gasteiger partial charge >= 0.3 is 0 Å². The Balaban J connectivity index is 1.34. The number of piperazine rings is 1. The Kier molecular flexibility index (Phi) is 4.18. The Morgan fingerprint density at radius 3 is 2.75 bits per heavy atom. The van der Waals surface area contributed by atoms with Gasteiger partial charge in [-0.3, -0.25) is 10.00 Å². The molecule has 28 heavy (non-hydrogen) atoms. The molecule has 0 unspecified atom stereocenters. The maximum atomic E-state index is 10.4. The van der Waals surface area contributed by atoms with E-state index >= 15 is 0 Å². The summed E-state index contributed by atoms with van der Waals surface area (Å²) >= 11 is 0. The van der Waals surface area contributed by atoms with Gasteiger partial charge < -0.3 is 15.1 Å². The van der Waals surface area contributed by atoms with Crippen LogP contribution in [0.3, 0.4) is 0 Å². The fraction of sp³-hybridized carbons (Fsp3) is 0.368. The van der Waals surface area contributed by atoms with Crippen LogP contribution in [0.25, 0.3) is 22.4 Å². The van der Waals surface area contributed by atoms with E-state index in [9.17, 15) is 10.2 Å². The lowest BCUT2D eigenvalue weighted by molar-refractivity contribution is 0.173. The second-order valence-corrected chi connectivity index (χ2v) is 7.35. The van der Waals surface area contributed by atoms with E-state index in [1.165, 1.54) is 0 Å². The number of nitrogens with one attached hydrogen (secondary N) is 1. The molecule has 1 aromatic carbocycles. The first-order valence-electron chi connectivity index (χ1n) is 9.37. The first-order chi connectivity index (χ1) is 13.7. The number of aromatic amines is 1. The molecule has 0 amide bonds. The van der Waals surface area contributed by atoms with E-state index in [0.717, 1.165) is 43.7 Å². The maximum absolute atomic E-state index is 10.4. The topological polar surface area (TPSA) is 114 Å². The second kappa shape index (κ2) is 6.84. The lowest BCUT2D eigenvalue weighted by Crippen LogP contribution is -2.50. The molecule has 4 heterocycles. The summed E-state index contributed by atoms with van der Waals surface area (Å²) in [6.45, 7) is 3.26. The number of hydrogen-bond acceptors (Lipinski definition) is 8. The first-order valence-corrected chi connectivity index (χ1v) is 9.37. The fourth-order valence-electron chi connectivity index (χ4n) is 4.07. The summed E-state index contributed by atoms with van der Waals surface area (Å²) < 4.78 is 0. The van der Waals surface area contributed by atoms with Crippen LogP contribution < -0.4 is 4.90 Å². The average molecular weight is 379 g/mol. The van der Waals surface area contributed by atoms with Crippen molar-refractivity contribution in [3.8, 4) is 28.1 Å². The van der Waals surface area contributed by atoms with Gasteiger partial charge in [-0.25, -0.2) is 4.98 Å². The fourth-order valence-corrected chi connectivity index (χ4v) is 4.07. The lowest BCUT2D eigenvalue weighted by Gasteiger charge is -2.36. The van der Waals surface area contributed by atoms with Crippen LogP contribution in [0.4, 0.5) is 5.95 Å². The van der Waals surface area contributed by atoms with E-state index in [0.29, 0.717) is 23.2 Å². The van der Waals surface area contributed by atoms with Gasteiger partial charge in [-0.05, 0) is 24.1 Å². The zero-order chi connectivity index (χ0) is 19.1. The highest BCUT2D eigenvalue weighted by molar-refractivity contribution is 5.73. The number of phenols is 1. The SMILES string of the molecule is Oc1cc(-c2cn[nH]c2)ccc1-c1cnc(N2CCN3C[C@@H](O)C[C@@H]3C2)nn1. The normalized spacial score (nSPS) is 22.4. The van der Waals surface area contributed by atoms with Gasteiger partial charge in [0, 0.05) is 49.5 Å². The number of benzene rings is 1. The van der Waals surface area contributed by atoms with Crippen LogP contribution in [-0.2, 0) is 0 Å². The number of nitrogens with zero attached hydrogens (tertiary/aromatic N) is 6. The Hall–Kier alpha value is -3.04. The number of rotatable bonds is 3. The van der Waals surface area contributed by atoms with Crippen molar-refractivity contribution in [3.63, 3.8) is 0 Å². The number of fused-ring (bicyclic) bond motifs is 1. The summed E-state index contributed by atoms with van der Waals surface area (Å²) in [6, 6.07) is 5.73. The van der Waals surface area contributed by atoms with Crippen LogP contribution in [0.1, 0.15) is 6.42 Å². The summed E-state index contributed by atoms with van der Waals surface area (Å²) in [6.07, 6.45) is 5.67. The van der Waals surface area contributed by atoms with E-state index < -0.39 is 0 Å². The summed E-state index contributed by atoms with van der Waals surface area (Å²) in [5.41, 5.74) is 2.87. The number of H-pyrrole nitrogens is 1. The summed E-state index contributed by atoms with van der Waals surface area (Å²) in [5.74, 6) is 0.704. The molecule has 3 N–H and O–H groups in total. The Morgan fingerprint density at radius 1 is 1.07 bits per heavy atom. The third-order valence-electron chi connectivity index (χ3n) is 5.53. The smallest absolute Gasteiger partial charge is 0.245 e. The third-order valence-corrected chi connectivity index (χ3v) is 5.53. The Morgan fingerprint density at radius 2 is 2.00 bits per heavy atom. The molecule has 0 radical (unpaired) electrons. The highest BCUT2D eigenvalue weighted by Gasteiger charge is 2.36. The van der Waals surface area contributed by atoms with Gasteiger partial charge in [-0.1, -0.05) is 6.07 Å². The largest absolute Gasteiger partial charge is 0.507 e. The van der Waals surface area contributed by atoms with Crippen molar-refractivity contribution in [2.45, 2.75) is 18.6 Å². The minimum absolute atomic E-state index is 0.121. The minimum atomic E-state index is -0.237. The quantitative estimate of drug-likeness (QED) is 0.615. The lowest BCUT2D eigenvalue weighted by atomic mass is 10.0. The highest BCUT2D eigenvalue weighted by Crippen LogP contribution is 2.32. The monoisotopic (exact) mass is 379 g/mol. The molecule has 0 aliphatic carbocycles. The number of aromatic hydroxyl groups is 1. The number of aliphatic hydroxyl groups excluding tert-OH is 1. The van der Waals surface area contributed by atoms with Gasteiger partial charge in [0.05, 0.1) is 18.5 Å². The summed E-state index contributed by atoms with van der Waals surface area (Å²) in [5, 5.41) is 35.5. The molecule has 9 nitrogen and oxygen atoms in total. The van der Waals surface area contributed by atoms with E-state index in [4.69, 9.17) is 0 Å². The third kappa shape index (κ3) is 3.08. The van der Waals surface area contributed by atoms with Crippen LogP contribution in [0, 0.1) is 0 Å². The minimum Gasteiger partial charge on any atom is -0.507 e. The number of hydrogen-bond donors (Lipinski definition) is 3. The van der Waals surface area contributed by atoms with Crippen molar-refractivity contribution in [2.75, 3.05) is 31.1 Å². The van der Waals surface area contributed by atoms with Gasteiger partial charge in [0.25, 0.3) is 0 Å². The molecule has 3 aromatic rings. The predicted molar refractivity (Wildman–Crippen MR) is 103 cm³/mol. The average Bonchev–Trinajstić information content (AvgIpc) is 3.36. The second-order valence-electron chi connectivity index (χ2n) is 7.35. The maximum Gasteiger partial charge on any atom is 0.245 e. The zero-order valence-electron chi connectivity index (χ0n) is 15.2. The van der Waals surface area contributed by atoms with Crippen LogP contribution in [-0.4, -0.2) is 78.8 Å². The van der Waals surface area contributed by atoms with E-state index in [1.807, 2.05) is 12.1 Å². The molecule has 144 valence electrons. The molecular formula is C19H21N7O2. The van der Waals surface area contributed by atoms with Gasteiger partial charge in [0.15, 0.2) is 0 Å². The molecule has 2 aliphatic heterocycles. The van der Waals surface area contributed by atoms with Crippen molar-refractivity contribution < 1.29 is 10.2 Å². The molecule has 2 saturated heterocycles. The van der Waals surface area contributed by atoms with Crippen LogP contribution in [0.2, 0.25) is 0 Å². The van der Waals surface area contributed by atoms with E-state index in [1.54, 1.807) is 24.7 Å². The standard InChI is InChI=1S/C19H21N7O2/c27-15-6-14-10-26(4-3-25(14)11-15)19-20-9-17(23-24-19)16-2-1-12(5-18(16)28)13-7-21-22-8-13/h1-2,5,7-9,14-15,27-28H,3-4,6,10-11H2,(H,21,22)/t14-,15+/m1/s1. The Labute approximate surface area is 161 Å². The van der Waals surface area contributed by atoms with Crippen LogP contribution in [0.5, 0.6) is 5.75 Å². The molecule has 9 heteroatoms. The Bertz CT molecular complexity index is 961. The van der Waals surface area contributed by atoms with Gasteiger partial charge in [-0.15, -0.1) is 10.2 Å². The number of anilines is 1. The molecule has 2 aliphatic rings. The van der Waals surface area contributed by atoms with Crippen molar-refractivity contribution in [1.29, 1.82) is 0 Å². The van der Waals surface area contributed by atoms with E-state index in [2.05, 4.69) is 35.2 Å². The molecule has 2 atom stereocenters.